The Morgan fingerprint density at radius 2 is 2.09 bits per heavy atom. The maximum Gasteiger partial charge on any atom is 0.264 e. The second-order valence-electron chi connectivity index (χ2n) is 5.32. The van der Waals surface area contributed by atoms with Gasteiger partial charge in [-0.3, -0.25) is 9.59 Å². The van der Waals surface area contributed by atoms with Crippen molar-refractivity contribution >= 4 is 28.8 Å². The van der Waals surface area contributed by atoms with Crippen molar-refractivity contribution < 1.29 is 14.3 Å². The molecule has 2 amide bonds. The van der Waals surface area contributed by atoms with Crippen LogP contribution in [-0.4, -0.2) is 36.4 Å². The molecule has 0 radical (unpaired) electrons. The second kappa shape index (κ2) is 6.83. The first-order valence-electron chi connectivity index (χ1n) is 7.49. The monoisotopic (exact) mass is 330 g/mol. The summed E-state index contributed by atoms with van der Waals surface area (Å²) in [4.78, 5) is 27.5. The number of amides is 2. The second-order valence-corrected chi connectivity index (χ2v) is 6.27. The Morgan fingerprint density at radius 3 is 2.83 bits per heavy atom. The molecule has 1 aromatic carbocycles. The van der Waals surface area contributed by atoms with Crippen LogP contribution in [0.25, 0.3) is 0 Å². The van der Waals surface area contributed by atoms with Crippen LogP contribution in [0.5, 0.6) is 5.75 Å². The number of carbonyl (C=O) groups is 2. The van der Waals surface area contributed by atoms with Gasteiger partial charge in [0.05, 0.1) is 17.7 Å². The van der Waals surface area contributed by atoms with Gasteiger partial charge >= 0.3 is 0 Å². The zero-order valence-corrected chi connectivity index (χ0v) is 13.6. The SMILES string of the molecule is COc1ccccc1NC(=O)[C@@H]1CCCN1C(=O)c1cccs1. The van der Waals surface area contributed by atoms with Gasteiger partial charge in [-0.05, 0) is 36.4 Å². The molecular weight excluding hydrogens is 312 g/mol. The predicted molar refractivity (Wildman–Crippen MR) is 90.0 cm³/mol. The van der Waals surface area contributed by atoms with E-state index in [4.69, 9.17) is 4.74 Å². The highest BCUT2D eigenvalue weighted by atomic mass is 32.1. The predicted octanol–water partition coefficient (Wildman–Crippen LogP) is 3.00. The number of nitrogens with zero attached hydrogens (tertiary/aromatic N) is 1. The number of carbonyl (C=O) groups excluding carboxylic acids is 2. The molecule has 0 bridgehead atoms. The molecule has 23 heavy (non-hydrogen) atoms. The van der Waals surface area contributed by atoms with Crippen molar-refractivity contribution in [3.63, 3.8) is 0 Å². The van der Waals surface area contributed by atoms with E-state index < -0.39 is 6.04 Å². The number of hydrogen-bond donors (Lipinski definition) is 1. The zero-order valence-electron chi connectivity index (χ0n) is 12.8. The van der Waals surface area contributed by atoms with Crippen LogP contribution in [0.15, 0.2) is 41.8 Å². The van der Waals surface area contributed by atoms with E-state index in [2.05, 4.69) is 5.32 Å². The van der Waals surface area contributed by atoms with Crippen molar-refractivity contribution in [2.75, 3.05) is 19.0 Å². The van der Waals surface area contributed by atoms with Gasteiger partial charge in [0, 0.05) is 6.54 Å². The van der Waals surface area contributed by atoms with E-state index in [1.165, 1.54) is 11.3 Å². The van der Waals surface area contributed by atoms with E-state index in [0.29, 0.717) is 29.3 Å². The molecular formula is C17H18N2O3S. The van der Waals surface area contributed by atoms with Gasteiger partial charge in [0.2, 0.25) is 5.91 Å². The van der Waals surface area contributed by atoms with Crippen molar-refractivity contribution in [1.29, 1.82) is 0 Å². The molecule has 1 atom stereocenters. The molecule has 0 aliphatic carbocycles. The van der Waals surface area contributed by atoms with E-state index in [1.807, 2.05) is 23.6 Å². The van der Waals surface area contributed by atoms with E-state index in [0.717, 1.165) is 6.42 Å². The summed E-state index contributed by atoms with van der Waals surface area (Å²) in [7, 11) is 1.56. The van der Waals surface area contributed by atoms with Crippen LogP contribution in [-0.2, 0) is 4.79 Å². The van der Waals surface area contributed by atoms with Crippen molar-refractivity contribution in [3.8, 4) is 5.75 Å². The quantitative estimate of drug-likeness (QED) is 0.937. The van der Waals surface area contributed by atoms with Gasteiger partial charge in [-0.15, -0.1) is 11.3 Å². The number of ether oxygens (including phenoxy) is 1. The molecule has 1 N–H and O–H groups in total. The van der Waals surface area contributed by atoms with Crippen molar-refractivity contribution in [1.82, 2.24) is 4.90 Å². The van der Waals surface area contributed by atoms with Gasteiger partial charge in [-0.1, -0.05) is 18.2 Å². The number of anilines is 1. The van der Waals surface area contributed by atoms with E-state index in [9.17, 15) is 9.59 Å². The van der Waals surface area contributed by atoms with Gasteiger partial charge in [0.25, 0.3) is 5.91 Å². The summed E-state index contributed by atoms with van der Waals surface area (Å²) in [5, 5.41) is 4.75. The molecule has 120 valence electrons. The summed E-state index contributed by atoms with van der Waals surface area (Å²) >= 11 is 1.40. The van der Waals surface area contributed by atoms with Crippen molar-refractivity contribution in [2.45, 2.75) is 18.9 Å². The van der Waals surface area contributed by atoms with E-state index >= 15 is 0 Å². The van der Waals surface area contributed by atoms with Gasteiger partial charge in [0.1, 0.15) is 11.8 Å². The summed E-state index contributed by atoms with van der Waals surface area (Å²) in [6.07, 6.45) is 1.51. The summed E-state index contributed by atoms with van der Waals surface area (Å²) in [5.41, 5.74) is 0.621. The summed E-state index contributed by atoms with van der Waals surface area (Å²) < 4.78 is 5.25. The maximum absolute atomic E-state index is 12.6. The molecule has 0 saturated carbocycles. The number of para-hydroxylation sites is 2. The highest BCUT2D eigenvalue weighted by molar-refractivity contribution is 7.12. The zero-order chi connectivity index (χ0) is 16.2. The molecule has 0 unspecified atom stereocenters. The molecule has 1 fully saturated rings. The number of likely N-dealkylation sites (tertiary alicyclic amines) is 1. The number of nitrogens with one attached hydrogen (secondary N) is 1. The first-order valence-corrected chi connectivity index (χ1v) is 8.37. The number of benzene rings is 1. The molecule has 3 rings (SSSR count). The Labute approximate surface area is 138 Å². The Kier molecular flexibility index (Phi) is 4.62. The Bertz CT molecular complexity index is 700. The minimum Gasteiger partial charge on any atom is -0.495 e. The molecule has 1 saturated heterocycles. The van der Waals surface area contributed by atoms with Crippen LogP contribution >= 0.6 is 11.3 Å². The summed E-state index contributed by atoms with van der Waals surface area (Å²) in [5.74, 6) is 0.365. The Balaban J connectivity index is 1.74. The molecule has 1 aliphatic rings. The van der Waals surface area contributed by atoms with Crippen LogP contribution in [0.3, 0.4) is 0 Å². The van der Waals surface area contributed by atoms with E-state index in [-0.39, 0.29) is 11.8 Å². The molecule has 2 aromatic rings. The largest absolute Gasteiger partial charge is 0.495 e. The van der Waals surface area contributed by atoms with E-state index in [1.54, 1.807) is 30.2 Å². The van der Waals surface area contributed by atoms with Gasteiger partial charge in [-0.25, -0.2) is 0 Å². The number of thiophene rings is 1. The Hall–Kier alpha value is -2.34. The highest BCUT2D eigenvalue weighted by Gasteiger charge is 2.35. The summed E-state index contributed by atoms with van der Waals surface area (Å²) in [6, 6.07) is 10.5. The van der Waals surface area contributed by atoms with Gasteiger partial charge < -0.3 is 15.0 Å². The van der Waals surface area contributed by atoms with Crippen molar-refractivity contribution in [3.05, 3.63) is 46.7 Å². The third-order valence-electron chi connectivity index (χ3n) is 3.91. The normalized spacial score (nSPS) is 17.1. The fraction of sp³-hybridized carbons (Fsp3) is 0.294. The molecule has 0 spiro atoms. The average Bonchev–Trinajstić information content (AvgIpc) is 3.26. The standard InChI is InChI=1S/C17H18N2O3S/c1-22-14-8-3-2-6-12(14)18-16(20)13-7-4-10-19(13)17(21)15-9-5-11-23-15/h2-3,5-6,8-9,11,13H,4,7,10H2,1H3,(H,18,20)/t13-/m0/s1. The van der Waals surface area contributed by atoms with Crippen LogP contribution in [0, 0.1) is 0 Å². The number of hydrogen-bond acceptors (Lipinski definition) is 4. The van der Waals surface area contributed by atoms with Gasteiger partial charge in [-0.2, -0.15) is 0 Å². The highest BCUT2D eigenvalue weighted by Crippen LogP contribution is 2.26. The third-order valence-corrected chi connectivity index (χ3v) is 4.77. The lowest BCUT2D eigenvalue weighted by molar-refractivity contribution is -0.119. The maximum atomic E-state index is 12.6. The van der Waals surface area contributed by atoms with Gasteiger partial charge in [0.15, 0.2) is 0 Å². The first-order chi connectivity index (χ1) is 11.2. The molecule has 2 heterocycles. The third kappa shape index (κ3) is 3.22. The fourth-order valence-corrected chi connectivity index (χ4v) is 3.47. The van der Waals surface area contributed by atoms with Crippen LogP contribution in [0.2, 0.25) is 0 Å². The lowest BCUT2D eigenvalue weighted by Crippen LogP contribution is -2.43. The fourth-order valence-electron chi connectivity index (χ4n) is 2.79. The molecule has 1 aromatic heterocycles. The van der Waals surface area contributed by atoms with Crippen LogP contribution < -0.4 is 10.1 Å². The van der Waals surface area contributed by atoms with Crippen LogP contribution in [0.4, 0.5) is 5.69 Å². The minimum atomic E-state index is -0.436. The topological polar surface area (TPSA) is 58.6 Å². The minimum absolute atomic E-state index is 0.0716. The lowest BCUT2D eigenvalue weighted by Gasteiger charge is -2.23. The van der Waals surface area contributed by atoms with Crippen LogP contribution in [0.1, 0.15) is 22.5 Å². The number of rotatable bonds is 4. The Morgan fingerprint density at radius 1 is 1.26 bits per heavy atom. The smallest absolute Gasteiger partial charge is 0.264 e. The molecule has 6 heteroatoms. The lowest BCUT2D eigenvalue weighted by atomic mass is 10.2. The first kappa shape index (κ1) is 15.6. The number of methoxy groups -OCH3 is 1. The summed E-state index contributed by atoms with van der Waals surface area (Å²) in [6.45, 7) is 0.612. The van der Waals surface area contributed by atoms with Crippen molar-refractivity contribution in [2.24, 2.45) is 0 Å². The molecule has 5 nitrogen and oxygen atoms in total. The molecule has 1 aliphatic heterocycles. The average molecular weight is 330 g/mol.